The molecule has 0 atom stereocenters. The number of nitrogens with one attached hydrogen (secondary N) is 1. The van der Waals surface area contributed by atoms with E-state index in [0.717, 1.165) is 5.56 Å². The molecule has 1 aliphatic heterocycles. The summed E-state index contributed by atoms with van der Waals surface area (Å²) in [5.74, 6) is -0.489. The van der Waals surface area contributed by atoms with Crippen LogP contribution in [0, 0.1) is 6.92 Å². The molecular formula is C27H26ClN3O3. The fourth-order valence-electron chi connectivity index (χ4n) is 3.96. The van der Waals surface area contributed by atoms with Crippen molar-refractivity contribution < 1.29 is 14.4 Å². The zero-order chi connectivity index (χ0) is 24.1. The molecule has 1 heterocycles. The Morgan fingerprint density at radius 3 is 2.12 bits per heavy atom. The Morgan fingerprint density at radius 2 is 1.44 bits per heavy atom. The molecule has 0 bridgehead atoms. The number of benzene rings is 3. The maximum Gasteiger partial charge on any atom is 0.254 e. The minimum Gasteiger partial charge on any atom is -0.336 e. The van der Waals surface area contributed by atoms with Gasteiger partial charge >= 0.3 is 0 Å². The lowest BCUT2D eigenvalue weighted by atomic mass is 9.97. The number of nitrogens with zero attached hydrogens (tertiary/aromatic N) is 2. The van der Waals surface area contributed by atoms with Crippen molar-refractivity contribution in [2.45, 2.75) is 6.92 Å². The third kappa shape index (κ3) is 5.53. The monoisotopic (exact) mass is 475 g/mol. The maximum absolute atomic E-state index is 13.3. The van der Waals surface area contributed by atoms with Crippen LogP contribution in [-0.2, 0) is 4.79 Å². The molecule has 3 aromatic rings. The molecule has 1 fully saturated rings. The Kier molecular flexibility index (Phi) is 7.40. The predicted molar refractivity (Wildman–Crippen MR) is 133 cm³/mol. The molecule has 1 N–H and O–H groups in total. The van der Waals surface area contributed by atoms with E-state index in [1.54, 1.807) is 59.5 Å². The Labute approximate surface area is 204 Å². The van der Waals surface area contributed by atoms with Crippen LogP contribution in [0.1, 0.15) is 31.8 Å². The number of para-hydroxylation sites is 1. The van der Waals surface area contributed by atoms with E-state index in [2.05, 4.69) is 5.32 Å². The number of hydrogen-bond donors (Lipinski definition) is 1. The number of hydrogen-bond acceptors (Lipinski definition) is 4. The fraction of sp³-hybridized carbons (Fsp3) is 0.222. The van der Waals surface area contributed by atoms with Crippen LogP contribution >= 0.6 is 11.6 Å². The molecule has 0 radical (unpaired) electrons. The highest BCUT2D eigenvalue weighted by molar-refractivity contribution is 6.33. The fourth-order valence-corrected chi connectivity index (χ4v) is 4.15. The highest BCUT2D eigenvalue weighted by Crippen LogP contribution is 2.21. The number of piperazine rings is 1. The average Bonchev–Trinajstić information content (AvgIpc) is 2.85. The smallest absolute Gasteiger partial charge is 0.254 e. The number of carbonyl (C=O) groups excluding carboxylic acids is 3. The third-order valence-electron chi connectivity index (χ3n) is 5.89. The van der Waals surface area contributed by atoms with Crippen LogP contribution in [0.2, 0.25) is 5.02 Å². The van der Waals surface area contributed by atoms with E-state index in [-0.39, 0.29) is 24.1 Å². The van der Waals surface area contributed by atoms with Crippen LogP contribution in [0.25, 0.3) is 0 Å². The van der Waals surface area contributed by atoms with Crippen molar-refractivity contribution in [1.82, 2.24) is 9.80 Å². The van der Waals surface area contributed by atoms with Gasteiger partial charge in [0.05, 0.1) is 22.8 Å². The quantitative estimate of drug-likeness (QED) is 0.540. The van der Waals surface area contributed by atoms with Gasteiger partial charge in [-0.25, -0.2) is 0 Å². The van der Waals surface area contributed by atoms with E-state index < -0.39 is 0 Å². The van der Waals surface area contributed by atoms with Crippen molar-refractivity contribution in [2.24, 2.45) is 0 Å². The van der Waals surface area contributed by atoms with E-state index in [9.17, 15) is 14.4 Å². The second kappa shape index (κ2) is 10.6. The van der Waals surface area contributed by atoms with Gasteiger partial charge in [-0.15, -0.1) is 0 Å². The van der Waals surface area contributed by atoms with Gasteiger partial charge in [0.1, 0.15) is 0 Å². The van der Waals surface area contributed by atoms with E-state index in [0.29, 0.717) is 53.6 Å². The molecule has 1 saturated heterocycles. The van der Waals surface area contributed by atoms with E-state index >= 15 is 0 Å². The van der Waals surface area contributed by atoms with Gasteiger partial charge in [-0.1, -0.05) is 71.8 Å². The SMILES string of the molecule is Cc1ccc(C(=O)c2ccccc2C(=O)N2CCN(CC(=O)Nc3ccccc3Cl)CC2)cc1. The molecule has 4 rings (SSSR count). The number of rotatable bonds is 6. The summed E-state index contributed by atoms with van der Waals surface area (Å²) >= 11 is 6.11. The van der Waals surface area contributed by atoms with E-state index in [4.69, 9.17) is 11.6 Å². The van der Waals surface area contributed by atoms with Gasteiger partial charge in [-0.05, 0) is 25.1 Å². The van der Waals surface area contributed by atoms with Gasteiger partial charge in [0, 0.05) is 37.3 Å². The molecule has 3 aromatic carbocycles. The van der Waals surface area contributed by atoms with Crippen LogP contribution in [-0.4, -0.2) is 60.1 Å². The first-order chi connectivity index (χ1) is 16.4. The second-order valence-corrected chi connectivity index (χ2v) is 8.74. The standard InChI is InChI=1S/C27H26ClN3O3/c1-19-10-12-20(13-11-19)26(33)21-6-2-3-7-22(21)27(34)31-16-14-30(15-17-31)18-25(32)29-24-9-5-4-8-23(24)28/h2-13H,14-18H2,1H3,(H,29,32). The number of aryl methyl sites for hydroxylation is 1. The van der Waals surface area contributed by atoms with Gasteiger partial charge < -0.3 is 10.2 Å². The molecule has 7 heteroatoms. The van der Waals surface area contributed by atoms with Crippen molar-refractivity contribution in [3.8, 4) is 0 Å². The maximum atomic E-state index is 13.3. The molecule has 2 amide bonds. The largest absolute Gasteiger partial charge is 0.336 e. The molecule has 0 aromatic heterocycles. The highest BCUT2D eigenvalue weighted by atomic mass is 35.5. The summed E-state index contributed by atoms with van der Waals surface area (Å²) in [7, 11) is 0. The molecule has 0 spiro atoms. The molecule has 174 valence electrons. The van der Waals surface area contributed by atoms with Crippen molar-refractivity contribution in [2.75, 3.05) is 38.0 Å². The Bertz CT molecular complexity index is 1200. The number of amides is 2. The number of carbonyl (C=O) groups is 3. The lowest BCUT2D eigenvalue weighted by molar-refractivity contribution is -0.117. The normalized spacial score (nSPS) is 14.0. The van der Waals surface area contributed by atoms with Gasteiger partial charge in [0.25, 0.3) is 5.91 Å². The average molecular weight is 476 g/mol. The summed E-state index contributed by atoms with van der Waals surface area (Å²) in [5, 5.41) is 3.32. The van der Waals surface area contributed by atoms with Crippen LogP contribution in [0.4, 0.5) is 5.69 Å². The number of anilines is 1. The first kappa shape index (κ1) is 23.7. The van der Waals surface area contributed by atoms with Crippen LogP contribution in [0.15, 0.2) is 72.8 Å². The second-order valence-electron chi connectivity index (χ2n) is 8.34. The summed E-state index contributed by atoms with van der Waals surface area (Å²) in [4.78, 5) is 42.5. The molecule has 0 aliphatic carbocycles. The van der Waals surface area contributed by atoms with Gasteiger partial charge in [0.2, 0.25) is 5.91 Å². The van der Waals surface area contributed by atoms with E-state index in [1.807, 2.05) is 30.0 Å². The summed E-state index contributed by atoms with van der Waals surface area (Å²) in [6.07, 6.45) is 0. The zero-order valence-corrected chi connectivity index (χ0v) is 19.7. The Balaban J connectivity index is 1.37. The van der Waals surface area contributed by atoms with Gasteiger partial charge in [0.15, 0.2) is 5.78 Å². The van der Waals surface area contributed by atoms with Crippen molar-refractivity contribution in [3.63, 3.8) is 0 Å². The van der Waals surface area contributed by atoms with Gasteiger partial charge in [-0.2, -0.15) is 0 Å². The summed E-state index contributed by atoms with van der Waals surface area (Å²) in [6.45, 7) is 4.27. The summed E-state index contributed by atoms with van der Waals surface area (Å²) < 4.78 is 0. The third-order valence-corrected chi connectivity index (χ3v) is 6.22. The molecular weight excluding hydrogens is 450 g/mol. The lowest BCUT2D eigenvalue weighted by Crippen LogP contribution is -2.50. The van der Waals surface area contributed by atoms with Crippen LogP contribution in [0.5, 0.6) is 0 Å². The van der Waals surface area contributed by atoms with E-state index in [1.165, 1.54) is 0 Å². The summed E-state index contributed by atoms with van der Waals surface area (Å²) in [6, 6.07) is 21.4. The van der Waals surface area contributed by atoms with Crippen molar-refractivity contribution >= 4 is 34.9 Å². The molecule has 0 unspecified atom stereocenters. The molecule has 0 saturated carbocycles. The highest BCUT2D eigenvalue weighted by Gasteiger charge is 2.26. The number of ketones is 1. The first-order valence-electron chi connectivity index (χ1n) is 11.2. The van der Waals surface area contributed by atoms with Crippen molar-refractivity contribution in [3.05, 3.63) is 100 Å². The first-order valence-corrected chi connectivity index (χ1v) is 11.6. The van der Waals surface area contributed by atoms with Crippen LogP contribution < -0.4 is 5.32 Å². The lowest BCUT2D eigenvalue weighted by Gasteiger charge is -2.34. The molecule has 34 heavy (non-hydrogen) atoms. The Hall–Kier alpha value is -3.48. The summed E-state index contributed by atoms with van der Waals surface area (Å²) in [5.41, 5.74) is 3.01. The topological polar surface area (TPSA) is 69.7 Å². The minimum atomic E-state index is -0.170. The minimum absolute atomic E-state index is 0.151. The predicted octanol–water partition coefficient (Wildman–Crippen LogP) is 4.28. The van der Waals surface area contributed by atoms with Crippen molar-refractivity contribution in [1.29, 1.82) is 0 Å². The van der Waals surface area contributed by atoms with Crippen LogP contribution in [0.3, 0.4) is 0 Å². The molecule has 1 aliphatic rings. The zero-order valence-electron chi connectivity index (χ0n) is 19.0. The number of halogens is 1. The Morgan fingerprint density at radius 1 is 0.824 bits per heavy atom. The van der Waals surface area contributed by atoms with Gasteiger partial charge in [-0.3, -0.25) is 19.3 Å². The molecule has 6 nitrogen and oxygen atoms in total.